The van der Waals surface area contributed by atoms with E-state index < -0.39 is 8.32 Å². The SMILES string of the molecule is CC(C)(C)[Si](OC1CCC(n2c(Cl)nc3cnc(Cl)nc32)CC1)(c1ccccc1)c1ccccc1. The molecular formula is C27H30Cl2N4OSi. The molecule has 2 aromatic heterocycles. The van der Waals surface area contributed by atoms with Crippen molar-refractivity contribution >= 4 is 53.1 Å². The Balaban J connectivity index is 1.45. The summed E-state index contributed by atoms with van der Waals surface area (Å²) in [5.41, 5.74) is 1.37. The van der Waals surface area contributed by atoms with Crippen LogP contribution >= 0.6 is 23.2 Å². The summed E-state index contributed by atoms with van der Waals surface area (Å²) in [4.78, 5) is 12.9. The van der Waals surface area contributed by atoms with Crippen molar-refractivity contribution in [2.24, 2.45) is 0 Å². The highest BCUT2D eigenvalue weighted by Gasteiger charge is 2.51. The van der Waals surface area contributed by atoms with Crippen LogP contribution < -0.4 is 10.4 Å². The third kappa shape index (κ3) is 4.53. The highest BCUT2D eigenvalue weighted by Crippen LogP contribution is 2.41. The van der Waals surface area contributed by atoms with Crippen LogP contribution in [0, 0.1) is 0 Å². The van der Waals surface area contributed by atoms with Crippen LogP contribution in [-0.2, 0) is 4.43 Å². The fourth-order valence-electron chi connectivity index (χ4n) is 5.53. The van der Waals surface area contributed by atoms with Gasteiger partial charge in [-0.2, -0.15) is 4.98 Å². The normalized spacial score (nSPS) is 19.2. The second kappa shape index (κ2) is 9.66. The number of fused-ring (bicyclic) bond motifs is 1. The minimum Gasteiger partial charge on any atom is -0.404 e. The zero-order chi connectivity index (χ0) is 24.6. The summed E-state index contributed by atoms with van der Waals surface area (Å²) in [6.45, 7) is 6.98. The summed E-state index contributed by atoms with van der Waals surface area (Å²) in [6.07, 6.45) is 5.58. The molecular weight excluding hydrogens is 495 g/mol. The Bertz CT molecular complexity index is 1260. The van der Waals surface area contributed by atoms with Crippen molar-refractivity contribution in [1.82, 2.24) is 19.5 Å². The first-order chi connectivity index (χ1) is 16.8. The summed E-state index contributed by atoms with van der Waals surface area (Å²) >= 11 is 12.6. The van der Waals surface area contributed by atoms with Gasteiger partial charge in [0, 0.05) is 12.1 Å². The van der Waals surface area contributed by atoms with Crippen LogP contribution in [0.25, 0.3) is 11.2 Å². The zero-order valence-electron chi connectivity index (χ0n) is 20.3. The predicted octanol–water partition coefficient (Wildman–Crippen LogP) is 6.19. The Labute approximate surface area is 217 Å². The molecule has 0 atom stereocenters. The van der Waals surface area contributed by atoms with E-state index in [0.29, 0.717) is 16.4 Å². The minimum absolute atomic E-state index is 0.0376. The highest BCUT2D eigenvalue weighted by atomic mass is 35.5. The minimum atomic E-state index is -2.57. The van der Waals surface area contributed by atoms with E-state index in [-0.39, 0.29) is 22.5 Å². The maximum atomic E-state index is 7.35. The first kappa shape index (κ1) is 24.4. The van der Waals surface area contributed by atoms with Crippen LogP contribution in [0.15, 0.2) is 66.9 Å². The monoisotopic (exact) mass is 524 g/mol. The smallest absolute Gasteiger partial charge is 0.261 e. The van der Waals surface area contributed by atoms with Crippen LogP contribution in [0.1, 0.15) is 52.5 Å². The maximum absolute atomic E-state index is 7.35. The second-order valence-electron chi connectivity index (χ2n) is 10.3. The first-order valence-corrected chi connectivity index (χ1v) is 14.8. The summed E-state index contributed by atoms with van der Waals surface area (Å²) in [7, 11) is -2.57. The number of nitrogens with zero attached hydrogens (tertiary/aromatic N) is 4. The molecule has 1 fully saturated rings. The lowest BCUT2D eigenvalue weighted by atomic mass is 9.93. The van der Waals surface area contributed by atoms with Crippen molar-refractivity contribution in [2.45, 2.75) is 63.6 Å². The van der Waals surface area contributed by atoms with E-state index in [4.69, 9.17) is 27.6 Å². The average Bonchev–Trinajstić information content (AvgIpc) is 3.18. The molecule has 8 heteroatoms. The summed E-state index contributed by atoms with van der Waals surface area (Å²) in [5, 5.41) is 3.24. The molecule has 2 aromatic carbocycles. The zero-order valence-corrected chi connectivity index (χ0v) is 22.8. The molecule has 0 spiro atoms. The molecule has 0 aliphatic heterocycles. The van der Waals surface area contributed by atoms with Gasteiger partial charge in [-0.05, 0) is 64.3 Å². The van der Waals surface area contributed by atoms with E-state index in [1.54, 1.807) is 6.20 Å². The van der Waals surface area contributed by atoms with Crippen LogP contribution in [0.2, 0.25) is 15.6 Å². The van der Waals surface area contributed by atoms with Gasteiger partial charge < -0.3 is 4.43 Å². The summed E-state index contributed by atoms with van der Waals surface area (Å²) in [5.74, 6) is 0. The lowest BCUT2D eigenvalue weighted by Crippen LogP contribution is -2.67. The molecule has 0 unspecified atom stereocenters. The lowest BCUT2D eigenvalue weighted by Gasteiger charge is -2.46. The van der Waals surface area contributed by atoms with Crippen molar-refractivity contribution in [3.8, 4) is 0 Å². The van der Waals surface area contributed by atoms with Gasteiger partial charge in [-0.25, -0.2) is 9.97 Å². The number of hydrogen-bond donors (Lipinski definition) is 0. The molecule has 4 aromatic rings. The summed E-state index contributed by atoms with van der Waals surface area (Å²) in [6, 6.07) is 21.9. The number of rotatable bonds is 5. The lowest BCUT2D eigenvalue weighted by molar-refractivity contribution is 0.124. The Morgan fingerprint density at radius 2 is 1.43 bits per heavy atom. The molecule has 5 nitrogen and oxygen atoms in total. The molecule has 1 saturated carbocycles. The number of imidazole rings is 1. The van der Waals surface area contributed by atoms with Crippen molar-refractivity contribution in [3.05, 3.63) is 77.4 Å². The highest BCUT2D eigenvalue weighted by molar-refractivity contribution is 6.99. The van der Waals surface area contributed by atoms with Gasteiger partial charge in [0.05, 0.1) is 6.20 Å². The van der Waals surface area contributed by atoms with E-state index in [0.717, 1.165) is 25.7 Å². The molecule has 0 radical (unpaired) electrons. The third-order valence-corrected chi connectivity index (χ3v) is 12.7. The fourth-order valence-corrected chi connectivity index (χ4v) is 10.7. The molecule has 5 rings (SSSR count). The molecule has 2 heterocycles. The average molecular weight is 526 g/mol. The molecule has 1 aliphatic rings. The second-order valence-corrected chi connectivity index (χ2v) is 15.2. The maximum Gasteiger partial charge on any atom is 0.261 e. The first-order valence-electron chi connectivity index (χ1n) is 12.1. The number of aromatic nitrogens is 4. The molecule has 0 saturated heterocycles. The largest absolute Gasteiger partial charge is 0.404 e. The van der Waals surface area contributed by atoms with Gasteiger partial charge in [0.1, 0.15) is 5.52 Å². The van der Waals surface area contributed by atoms with Gasteiger partial charge in [-0.3, -0.25) is 4.57 Å². The van der Waals surface area contributed by atoms with Gasteiger partial charge in [-0.15, -0.1) is 0 Å². The van der Waals surface area contributed by atoms with Crippen molar-refractivity contribution < 1.29 is 4.43 Å². The van der Waals surface area contributed by atoms with E-state index in [9.17, 15) is 0 Å². The van der Waals surface area contributed by atoms with E-state index in [1.165, 1.54) is 10.4 Å². The van der Waals surface area contributed by atoms with E-state index >= 15 is 0 Å². The molecule has 182 valence electrons. The Morgan fingerprint density at radius 3 is 1.97 bits per heavy atom. The van der Waals surface area contributed by atoms with Crippen molar-refractivity contribution in [1.29, 1.82) is 0 Å². The van der Waals surface area contributed by atoms with Crippen LogP contribution in [0.4, 0.5) is 0 Å². The van der Waals surface area contributed by atoms with Crippen molar-refractivity contribution in [3.63, 3.8) is 0 Å². The van der Waals surface area contributed by atoms with Gasteiger partial charge in [0.25, 0.3) is 8.32 Å². The number of benzene rings is 2. The topological polar surface area (TPSA) is 52.8 Å². The van der Waals surface area contributed by atoms with E-state index in [2.05, 4.69) is 96.4 Å². The Morgan fingerprint density at radius 1 is 0.857 bits per heavy atom. The van der Waals surface area contributed by atoms with Gasteiger partial charge in [-0.1, -0.05) is 81.4 Å². The molecule has 0 N–H and O–H groups in total. The fraction of sp³-hybridized carbons (Fsp3) is 0.370. The van der Waals surface area contributed by atoms with Crippen LogP contribution in [-0.4, -0.2) is 33.9 Å². The van der Waals surface area contributed by atoms with Gasteiger partial charge in [0.2, 0.25) is 10.6 Å². The van der Waals surface area contributed by atoms with Gasteiger partial charge >= 0.3 is 0 Å². The molecule has 1 aliphatic carbocycles. The molecule has 35 heavy (non-hydrogen) atoms. The standard InChI is InChI=1S/C27H30Cl2N4OSi/c1-27(2,3)35(21-10-6-4-7-11-21,22-12-8-5-9-13-22)34-20-16-14-19(15-17-20)33-24-23(31-26(33)29)18-30-25(28)32-24/h4-13,18-20H,14-17H2,1-3H3. The van der Waals surface area contributed by atoms with Gasteiger partial charge in [0.15, 0.2) is 5.65 Å². The van der Waals surface area contributed by atoms with Crippen molar-refractivity contribution in [2.75, 3.05) is 0 Å². The predicted molar refractivity (Wildman–Crippen MR) is 145 cm³/mol. The number of halogens is 2. The molecule has 0 amide bonds. The molecule has 0 bridgehead atoms. The third-order valence-electron chi connectivity index (χ3n) is 7.13. The van der Waals surface area contributed by atoms with Crippen LogP contribution in [0.3, 0.4) is 0 Å². The quantitative estimate of drug-likeness (QED) is 0.177. The Hall–Kier alpha value is -2.25. The number of hydrogen-bond acceptors (Lipinski definition) is 4. The van der Waals surface area contributed by atoms with E-state index in [1.807, 2.05) is 4.57 Å². The summed E-state index contributed by atoms with van der Waals surface area (Å²) < 4.78 is 9.37. The van der Waals surface area contributed by atoms with Crippen LogP contribution in [0.5, 0.6) is 0 Å². The Kier molecular flexibility index (Phi) is 6.74.